The molecule has 17 heavy (non-hydrogen) atoms. The first kappa shape index (κ1) is 12.2. The van der Waals surface area contributed by atoms with Crippen LogP contribution in [0.5, 0.6) is 5.75 Å². The number of aliphatic hydroxyl groups is 1. The Labute approximate surface area is 103 Å². The lowest BCUT2D eigenvalue weighted by molar-refractivity contribution is 0.348. The normalized spacial score (nSPS) is 19.1. The van der Waals surface area contributed by atoms with Gasteiger partial charge in [-0.1, -0.05) is 26.0 Å². The Kier molecular flexibility index (Phi) is 3.25. The predicted molar refractivity (Wildman–Crippen MR) is 70.1 cm³/mol. The van der Waals surface area contributed by atoms with Crippen LogP contribution in [0.2, 0.25) is 0 Å². The van der Waals surface area contributed by atoms with Gasteiger partial charge in [-0.2, -0.15) is 0 Å². The lowest BCUT2D eigenvalue weighted by Crippen LogP contribution is -2.14. The summed E-state index contributed by atoms with van der Waals surface area (Å²) in [5, 5.41) is 19.2. The summed E-state index contributed by atoms with van der Waals surface area (Å²) in [6.45, 7) is 6.40. The van der Waals surface area contributed by atoms with E-state index >= 15 is 0 Å². The van der Waals surface area contributed by atoms with Gasteiger partial charge in [-0.15, -0.1) is 0 Å². The number of aromatic hydroxyl groups is 1. The summed E-state index contributed by atoms with van der Waals surface area (Å²) >= 11 is 0. The zero-order valence-corrected chi connectivity index (χ0v) is 10.7. The van der Waals surface area contributed by atoms with Crippen molar-refractivity contribution in [2.45, 2.75) is 33.1 Å². The molecule has 0 spiro atoms. The van der Waals surface area contributed by atoms with Crippen LogP contribution in [0.1, 0.15) is 42.9 Å². The summed E-state index contributed by atoms with van der Waals surface area (Å²) in [7, 11) is 0. The van der Waals surface area contributed by atoms with Crippen molar-refractivity contribution in [2.24, 2.45) is 5.92 Å². The zero-order valence-electron chi connectivity index (χ0n) is 10.7. The molecule has 0 unspecified atom stereocenters. The zero-order chi connectivity index (χ0) is 12.6. The van der Waals surface area contributed by atoms with Gasteiger partial charge in [0, 0.05) is 0 Å². The maximum Gasteiger partial charge on any atom is 0.119 e. The van der Waals surface area contributed by atoms with Crippen molar-refractivity contribution in [3.8, 4) is 5.75 Å². The molecule has 1 aliphatic carbocycles. The van der Waals surface area contributed by atoms with Crippen LogP contribution in [0.15, 0.2) is 18.2 Å². The lowest BCUT2D eigenvalue weighted by Gasteiger charge is -2.28. The second-order valence-corrected chi connectivity index (χ2v) is 5.20. The van der Waals surface area contributed by atoms with Crippen molar-refractivity contribution in [1.82, 2.24) is 0 Å². The van der Waals surface area contributed by atoms with Gasteiger partial charge in [0.1, 0.15) is 5.75 Å². The molecular formula is C15H20O2. The fourth-order valence-electron chi connectivity index (χ4n) is 2.59. The van der Waals surface area contributed by atoms with E-state index in [1.807, 2.05) is 6.92 Å². The first-order valence-electron chi connectivity index (χ1n) is 6.18. The highest BCUT2D eigenvalue weighted by Crippen LogP contribution is 2.40. The number of hydrogen-bond donors (Lipinski definition) is 2. The number of allylic oxidation sites excluding steroid dienone is 1. The molecule has 0 aliphatic heterocycles. The van der Waals surface area contributed by atoms with Crippen molar-refractivity contribution in [3.05, 3.63) is 34.9 Å². The summed E-state index contributed by atoms with van der Waals surface area (Å²) < 4.78 is 0. The van der Waals surface area contributed by atoms with Gasteiger partial charge in [-0.25, -0.2) is 0 Å². The van der Waals surface area contributed by atoms with Crippen molar-refractivity contribution < 1.29 is 10.2 Å². The molecule has 2 heteroatoms. The molecule has 2 N–H and O–H groups in total. The van der Waals surface area contributed by atoms with E-state index in [4.69, 9.17) is 0 Å². The van der Waals surface area contributed by atoms with Gasteiger partial charge in [0.15, 0.2) is 0 Å². The first-order valence-corrected chi connectivity index (χ1v) is 6.18. The molecule has 0 saturated carbocycles. The number of phenolic OH excluding ortho intramolecular Hbond substituents is 1. The Morgan fingerprint density at radius 3 is 2.65 bits per heavy atom. The number of fused-ring (bicyclic) bond motifs is 1. The highest BCUT2D eigenvalue weighted by atomic mass is 16.3. The van der Waals surface area contributed by atoms with E-state index in [0.717, 1.165) is 23.1 Å². The van der Waals surface area contributed by atoms with E-state index in [0.29, 0.717) is 17.6 Å². The average Bonchev–Trinajstić information content (AvgIpc) is 2.29. The summed E-state index contributed by atoms with van der Waals surface area (Å²) in [5.41, 5.74) is 4.13. The predicted octanol–water partition coefficient (Wildman–Crippen LogP) is 3.22. The number of aliphatic hydroxyl groups excluding tert-OH is 1. The minimum atomic E-state index is 0.0420. The molecule has 0 bridgehead atoms. The van der Waals surface area contributed by atoms with Gasteiger partial charge in [0.25, 0.3) is 0 Å². The average molecular weight is 232 g/mol. The van der Waals surface area contributed by atoms with Crippen molar-refractivity contribution >= 4 is 5.57 Å². The van der Waals surface area contributed by atoms with Crippen LogP contribution < -0.4 is 0 Å². The maximum absolute atomic E-state index is 9.80. The number of benzene rings is 1. The monoisotopic (exact) mass is 232 g/mol. The molecule has 2 nitrogen and oxygen atoms in total. The van der Waals surface area contributed by atoms with Gasteiger partial charge in [-0.3, -0.25) is 0 Å². The molecule has 0 aromatic heterocycles. The van der Waals surface area contributed by atoms with Crippen molar-refractivity contribution in [1.29, 1.82) is 0 Å². The van der Waals surface area contributed by atoms with E-state index in [-0.39, 0.29) is 6.61 Å². The van der Waals surface area contributed by atoms with Crippen LogP contribution in [0.25, 0.3) is 5.57 Å². The lowest BCUT2D eigenvalue weighted by atomic mass is 9.77. The second-order valence-electron chi connectivity index (χ2n) is 5.20. The van der Waals surface area contributed by atoms with Gasteiger partial charge in [-0.05, 0) is 53.5 Å². The molecule has 2 rings (SSSR count). The molecule has 1 aromatic rings. The van der Waals surface area contributed by atoms with E-state index in [1.54, 1.807) is 6.07 Å². The standard InChI is InChI=1S/C15H20O2/c1-9(2)12-5-4-11(8-16)13-7-15(17)10(3)6-14(12)13/h4,6-7,9,12,16-17H,5,8H2,1-3H3/t12-/m0/s1. The molecule has 0 radical (unpaired) electrons. The molecule has 92 valence electrons. The molecule has 1 aromatic carbocycles. The highest BCUT2D eigenvalue weighted by Gasteiger charge is 2.24. The fourth-order valence-corrected chi connectivity index (χ4v) is 2.59. The van der Waals surface area contributed by atoms with Crippen molar-refractivity contribution in [2.75, 3.05) is 6.61 Å². The van der Waals surface area contributed by atoms with E-state index in [1.165, 1.54) is 5.56 Å². The summed E-state index contributed by atoms with van der Waals surface area (Å²) in [5.74, 6) is 1.36. The van der Waals surface area contributed by atoms with Crippen LogP contribution in [0.4, 0.5) is 0 Å². The van der Waals surface area contributed by atoms with E-state index in [2.05, 4.69) is 26.0 Å². The molecule has 0 amide bonds. The largest absolute Gasteiger partial charge is 0.508 e. The number of rotatable bonds is 2. The molecule has 0 heterocycles. The minimum absolute atomic E-state index is 0.0420. The molecule has 0 saturated heterocycles. The second kappa shape index (κ2) is 4.53. The first-order chi connectivity index (χ1) is 8.04. The number of aryl methyl sites for hydroxylation is 1. The number of hydrogen-bond acceptors (Lipinski definition) is 2. The third-order valence-corrected chi connectivity index (χ3v) is 3.71. The van der Waals surface area contributed by atoms with Crippen LogP contribution in [-0.2, 0) is 0 Å². The van der Waals surface area contributed by atoms with Crippen LogP contribution in [0, 0.1) is 12.8 Å². The van der Waals surface area contributed by atoms with E-state index in [9.17, 15) is 10.2 Å². The van der Waals surface area contributed by atoms with E-state index < -0.39 is 0 Å². The summed E-state index contributed by atoms with van der Waals surface area (Å²) in [6.07, 6.45) is 3.08. The van der Waals surface area contributed by atoms with Gasteiger partial charge in [0.2, 0.25) is 0 Å². The number of phenols is 1. The quantitative estimate of drug-likeness (QED) is 0.822. The molecular weight excluding hydrogens is 212 g/mol. The summed E-state index contributed by atoms with van der Waals surface area (Å²) in [4.78, 5) is 0. The van der Waals surface area contributed by atoms with Gasteiger partial charge < -0.3 is 10.2 Å². The highest BCUT2D eigenvalue weighted by molar-refractivity contribution is 5.73. The SMILES string of the molecule is Cc1cc2c(cc1O)C(CO)=CC[C@H]2C(C)C. The molecule has 1 aliphatic rings. The van der Waals surface area contributed by atoms with Crippen LogP contribution >= 0.6 is 0 Å². The topological polar surface area (TPSA) is 40.5 Å². The fraction of sp³-hybridized carbons (Fsp3) is 0.467. The Bertz CT molecular complexity index is 458. The van der Waals surface area contributed by atoms with Gasteiger partial charge in [0.05, 0.1) is 6.61 Å². The third kappa shape index (κ3) is 2.09. The maximum atomic E-state index is 9.80. The van der Waals surface area contributed by atoms with Crippen LogP contribution in [-0.4, -0.2) is 16.8 Å². The Balaban J connectivity index is 2.58. The summed E-state index contributed by atoms with van der Waals surface area (Å²) in [6, 6.07) is 3.86. The third-order valence-electron chi connectivity index (χ3n) is 3.71. The Morgan fingerprint density at radius 2 is 2.06 bits per heavy atom. The van der Waals surface area contributed by atoms with Gasteiger partial charge >= 0.3 is 0 Å². The molecule has 0 fully saturated rings. The molecule has 1 atom stereocenters. The van der Waals surface area contributed by atoms with Crippen LogP contribution in [0.3, 0.4) is 0 Å². The minimum Gasteiger partial charge on any atom is -0.508 e. The Hall–Kier alpha value is -1.28. The smallest absolute Gasteiger partial charge is 0.119 e. The van der Waals surface area contributed by atoms with Crippen molar-refractivity contribution in [3.63, 3.8) is 0 Å². The Morgan fingerprint density at radius 1 is 1.35 bits per heavy atom.